The van der Waals surface area contributed by atoms with Gasteiger partial charge in [0.05, 0.1) is 6.61 Å². The summed E-state index contributed by atoms with van der Waals surface area (Å²) in [6, 6.07) is 0. The number of ether oxygens (including phenoxy) is 2. The first-order valence-electron chi connectivity index (χ1n) is 6.37. The lowest BCUT2D eigenvalue weighted by atomic mass is 9.81. The molecule has 0 bridgehead atoms. The van der Waals surface area contributed by atoms with Gasteiger partial charge in [0.25, 0.3) is 0 Å². The molecule has 2 rings (SSSR count). The summed E-state index contributed by atoms with van der Waals surface area (Å²) >= 11 is 0. The van der Waals surface area contributed by atoms with Crippen LogP contribution in [0.25, 0.3) is 0 Å². The highest BCUT2D eigenvalue weighted by Gasteiger charge is 2.44. The van der Waals surface area contributed by atoms with Crippen LogP contribution in [0.15, 0.2) is 0 Å². The van der Waals surface area contributed by atoms with E-state index in [0.29, 0.717) is 26.1 Å². The smallest absolute Gasteiger partial charge is 0.410 e. The van der Waals surface area contributed by atoms with E-state index in [1.807, 2.05) is 20.8 Å². The lowest BCUT2D eigenvalue weighted by molar-refractivity contribution is -0.134. The first-order valence-corrected chi connectivity index (χ1v) is 6.37. The molecule has 2 fully saturated rings. The Morgan fingerprint density at radius 3 is 2.78 bits per heavy atom. The Bertz CT molecular complexity index is 360. The van der Waals surface area contributed by atoms with Crippen LogP contribution in [0.5, 0.6) is 0 Å². The zero-order valence-electron chi connectivity index (χ0n) is 11.3. The van der Waals surface area contributed by atoms with E-state index >= 15 is 0 Å². The Morgan fingerprint density at radius 2 is 2.17 bits per heavy atom. The van der Waals surface area contributed by atoms with Gasteiger partial charge >= 0.3 is 6.09 Å². The second-order valence-corrected chi connectivity index (χ2v) is 6.36. The van der Waals surface area contributed by atoms with E-state index in [4.69, 9.17) is 9.47 Å². The van der Waals surface area contributed by atoms with E-state index in [0.717, 1.165) is 6.42 Å². The molecule has 1 unspecified atom stereocenters. The molecule has 102 valence electrons. The van der Waals surface area contributed by atoms with Crippen molar-refractivity contribution >= 4 is 11.9 Å². The average Bonchev–Trinajstić information content (AvgIpc) is 2.59. The quantitative estimate of drug-likeness (QED) is 0.660. The van der Waals surface area contributed by atoms with Gasteiger partial charge in [-0.05, 0) is 27.2 Å². The van der Waals surface area contributed by atoms with E-state index in [-0.39, 0.29) is 23.9 Å². The molecule has 2 heterocycles. The van der Waals surface area contributed by atoms with Gasteiger partial charge in [0.1, 0.15) is 12.2 Å². The Kier molecular flexibility index (Phi) is 3.36. The van der Waals surface area contributed by atoms with Crippen molar-refractivity contribution in [1.82, 2.24) is 4.90 Å². The molecule has 0 aromatic heterocycles. The fourth-order valence-corrected chi connectivity index (χ4v) is 2.58. The molecule has 0 aliphatic carbocycles. The zero-order chi connectivity index (χ0) is 13.4. The number of nitrogens with zero attached hydrogens (tertiary/aromatic N) is 1. The number of amides is 1. The monoisotopic (exact) mass is 255 g/mol. The Balaban J connectivity index is 1.95. The number of ketones is 1. The van der Waals surface area contributed by atoms with Gasteiger partial charge in [-0.2, -0.15) is 0 Å². The minimum Gasteiger partial charge on any atom is -0.444 e. The van der Waals surface area contributed by atoms with Crippen molar-refractivity contribution in [1.29, 1.82) is 0 Å². The first kappa shape index (κ1) is 13.3. The summed E-state index contributed by atoms with van der Waals surface area (Å²) in [5, 5.41) is 0. The summed E-state index contributed by atoms with van der Waals surface area (Å²) in [6.45, 7) is 7.55. The maximum Gasteiger partial charge on any atom is 0.410 e. The Morgan fingerprint density at radius 1 is 1.44 bits per heavy atom. The minimum atomic E-state index is -0.480. The molecule has 1 atom stereocenters. The van der Waals surface area contributed by atoms with Crippen LogP contribution in [0.3, 0.4) is 0 Å². The molecule has 0 radical (unpaired) electrons. The third kappa shape index (κ3) is 3.02. The van der Waals surface area contributed by atoms with E-state index in [1.165, 1.54) is 0 Å². The molecular weight excluding hydrogens is 234 g/mol. The van der Waals surface area contributed by atoms with Crippen LogP contribution in [0.2, 0.25) is 0 Å². The number of hydrogen-bond acceptors (Lipinski definition) is 4. The lowest BCUT2D eigenvalue weighted by Gasteiger charge is -2.32. The van der Waals surface area contributed by atoms with Crippen molar-refractivity contribution in [3.8, 4) is 0 Å². The topological polar surface area (TPSA) is 55.8 Å². The van der Waals surface area contributed by atoms with Crippen LogP contribution in [-0.4, -0.2) is 48.7 Å². The van der Waals surface area contributed by atoms with Gasteiger partial charge < -0.3 is 14.4 Å². The summed E-state index contributed by atoms with van der Waals surface area (Å²) in [6.07, 6.45) is 1.04. The van der Waals surface area contributed by atoms with E-state index in [2.05, 4.69) is 0 Å². The van der Waals surface area contributed by atoms with Gasteiger partial charge in [-0.3, -0.25) is 4.79 Å². The molecule has 0 saturated carbocycles. The predicted molar refractivity (Wildman–Crippen MR) is 65.3 cm³/mol. The average molecular weight is 255 g/mol. The van der Waals surface area contributed by atoms with E-state index < -0.39 is 5.60 Å². The van der Waals surface area contributed by atoms with Gasteiger partial charge in [-0.1, -0.05) is 0 Å². The summed E-state index contributed by atoms with van der Waals surface area (Å²) in [5.74, 6) is 0.132. The molecular formula is C13H21NO4. The van der Waals surface area contributed by atoms with Crippen molar-refractivity contribution in [3.63, 3.8) is 0 Å². The molecule has 2 aliphatic heterocycles. The van der Waals surface area contributed by atoms with Crippen LogP contribution in [-0.2, 0) is 14.3 Å². The summed E-state index contributed by atoms with van der Waals surface area (Å²) in [5.41, 5.74) is -0.655. The third-order valence-corrected chi connectivity index (χ3v) is 3.33. The second-order valence-electron chi connectivity index (χ2n) is 6.36. The standard InChI is InChI=1S/C13H21NO4/c1-12(2,3)18-11(16)14-5-4-13(8-14)6-10(15)7-17-9-13/h4-9H2,1-3H3. The van der Waals surface area contributed by atoms with E-state index in [1.54, 1.807) is 4.90 Å². The number of carbonyl (C=O) groups excluding carboxylic acids is 2. The fraction of sp³-hybridized carbons (Fsp3) is 0.846. The largest absolute Gasteiger partial charge is 0.444 e. The maximum absolute atomic E-state index is 11.9. The Labute approximate surface area is 107 Å². The van der Waals surface area contributed by atoms with Crippen LogP contribution >= 0.6 is 0 Å². The summed E-state index contributed by atoms with van der Waals surface area (Å²) in [7, 11) is 0. The van der Waals surface area contributed by atoms with Gasteiger partial charge in [-0.15, -0.1) is 0 Å². The van der Waals surface area contributed by atoms with Gasteiger partial charge in [-0.25, -0.2) is 4.79 Å². The Hall–Kier alpha value is -1.10. The maximum atomic E-state index is 11.9. The van der Waals surface area contributed by atoms with Crippen molar-refractivity contribution in [2.24, 2.45) is 5.41 Å². The molecule has 0 aromatic rings. The molecule has 1 amide bonds. The number of rotatable bonds is 0. The molecule has 5 nitrogen and oxygen atoms in total. The van der Waals surface area contributed by atoms with Crippen molar-refractivity contribution in [3.05, 3.63) is 0 Å². The number of likely N-dealkylation sites (tertiary alicyclic amines) is 1. The van der Waals surface area contributed by atoms with Gasteiger partial charge in [0.2, 0.25) is 0 Å². The van der Waals surface area contributed by atoms with E-state index in [9.17, 15) is 9.59 Å². The summed E-state index contributed by atoms with van der Waals surface area (Å²) in [4.78, 5) is 25.1. The third-order valence-electron chi connectivity index (χ3n) is 3.33. The molecule has 0 aromatic carbocycles. The lowest BCUT2D eigenvalue weighted by Crippen LogP contribution is -2.41. The summed E-state index contributed by atoms with van der Waals surface area (Å²) < 4.78 is 10.7. The molecule has 0 N–H and O–H groups in total. The highest BCUT2D eigenvalue weighted by molar-refractivity contribution is 5.81. The van der Waals surface area contributed by atoms with Crippen LogP contribution in [0.1, 0.15) is 33.6 Å². The zero-order valence-corrected chi connectivity index (χ0v) is 11.3. The van der Waals surface area contributed by atoms with Crippen LogP contribution in [0, 0.1) is 5.41 Å². The molecule has 2 saturated heterocycles. The van der Waals surface area contributed by atoms with Crippen LogP contribution in [0.4, 0.5) is 4.79 Å². The predicted octanol–water partition coefficient (Wildman–Crippen LogP) is 1.60. The molecule has 2 aliphatic rings. The molecule has 5 heteroatoms. The van der Waals surface area contributed by atoms with Crippen molar-refractivity contribution < 1.29 is 19.1 Å². The second kappa shape index (κ2) is 4.53. The van der Waals surface area contributed by atoms with Gasteiger partial charge in [0, 0.05) is 24.9 Å². The highest BCUT2D eigenvalue weighted by Crippen LogP contribution is 2.37. The van der Waals surface area contributed by atoms with Crippen molar-refractivity contribution in [2.75, 3.05) is 26.3 Å². The molecule has 1 spiro atoms. The highest BCUT2D eigenvalue weighted by atomic mass is 16.6. The van der Waals surface area contributed by atoms with Crippen LogP contribution < -0.4 is 0 Å². The number of hydrogen-bond donors (Lipinski definition) is 0. The minimum absolute atomic E-state index is 0.132. The first-order chi connectivity index (χ1) is 8.30. The number of carbonyl (C=O) groups is 2. The normalized spacial score (nSPS) is 28.8. The number of Topliss-reactive ketones (excluding diaryl/α,β-unsaturated/α-hetero) is 1. The van der Waals surface area contributed by atoms with Crippen molar-refractivity contribution in [2.45, 2.75) is 39.2 Å². The molecule has 18 heavy (non-hydrogen) atoms. The SMILES string of the molecule is CC(C)(C)OC(=O)N1CCC2(COCC(=O)C2)C1. The fourth-order valence-electron chi connectivity index (χ4n) is 2.58. The van der Waals surface area contributed by atoms with Gasteiger partial charge in [0.15, 0.2) is 5.78 Å².